The Morgan fingerprint density at radius 3 is 2.15 bits per heavy atom. The molecule has 2 aliphatic carbocycles. The summed E-state index contributed by atoms with van der Waals surface area (Å²) in [4.78, 5) is 15.0. The van der Waals surface area contributed by atoms with Gasteiger partial charge in [0.05, 0.1) is 0 Å². The Labute approximate surface area is 160 Å². The molecule has 0 N–H and O–H groups in total. The van der Waals surface area contributed by atoms with Gasteiger partial charge in [-0.05, 0) is 50.7 Å². The summed E-state index contributed by atoms with van der Waals surface area (Å²) < 4.78 is 40.8. The van der Waals surface area contributed by atoms with Crippen molar-refractivity contribution in [3.05, 3.63) is 30.1 Å². The maximum Gasteiger partial charge on any atom is 0.245 e. The molecule has 0 spiro atoms. The van der Waals surface area contributed by atoms with Gasteiger partial charge in [0.25, 0.3) is 0 Å². The van der Waals surface area contributed by atoms with Crippen LogP contribution in [0.3, 0.4) is 0 Å². The average Bonchev–Trinajstić information content (AvgIpc) is 3.35. The molecule has 0 radical (unpaired) electrons. The maximum atomic E-state index is 14.0. The number of hydrogen-bond acceptors (Lipinski definition) is 3. The molecule has 0 aromatic heterocycles. The highest BCUT2D eigenvalue weighted by Crippen LogP contribution is 2.37. The number of rotatable bonds is 5. The Morgan fingerprint density at radius 2 is 1.56 bits per heavy atom. The van der Waals surface area contributed by atoms with E-state index in [0.717, 1.165) is 31.7 Å². The zero-order valence-corrected chi connectivity index (χ0v) is 16.3. The molecule has 7 heteroatoms. The topological polar surface area (TPSA) is 57.7 Å². The molecule has 1 saturated heterocycles. The molecule has 2 saturated carbocycles. The van der Waals surface area contributed by atoms with Gasteiger partial charge >= 0.3 is 0 Å². The molecule has 0 bridgehead atoms. The van der Waals surface area contributed by atoms with Crippen LogP contribution in [0.5, 0.6) is 0 Å². The van der Waals surface area contributed by atoms with Gasteiger partial charge < -0.3 is 4.90 Å². The minimum absolute atomic E-state index is 0.113. The van der Waals surface area contributed by atoms with Crippen LogP contribution >= 0.6 is 0 Å². The molecule has 148 valence electrons. The van der Waals surface area contributed by atoms with Crippen molar-refractivity contribution in [2.45, 2.75) is 68.3 Å². The van der Waals surface area contributed by atoms with Crippen LogP contribution in [-0.2, 0) is 14.8 Å². The van der Waals surface area contributed by atoms with E-state index in [9.17, 15) is 17.6 Å². The van der Waals surface area contributed by atoms with Crippen molar-refractivity contribution in [1.82, 2.24) is 9.21 Å². The van der Waals surface area contributed by atoms with Gasteiger partial charge in [0, 0.05) is 31.1 Å². The molecule has 4 rings (SSSR count). The van der Waals surface area contributed by atoms with E-state index in [1.54, 1.807) is 0 Å². The summed E-state index contributed by atoms with van der Waals surface area (Å²) in [7, 11) is -3.85. The summed E-state index contributed by atoms with van der Waals surface area (Å²) in [5.74, 6) is -0.623. The number of hydrogen-bond donors (Lipinski definition) is 0. The Hall–Kier alpha value is -1.47. The first kappa shape index (κ1) is 18.9. The second-order valence-corrected chi connectivity index (χ2v) is 9.93. The monoisotopic (exact) mass is 394 g/mol. The van der Waals surface area contributed by atoms with Crippen LogP contribution in [0, 0.1) is 11.7 Å². The van der Waals surface area contributed by atoms with Crippen LogP contribution in [0.2, 0.25) is 0 Å². The molecule has 1 aliphatic heterocycles. The molecule has 1 amide bonds. The predicted octanol–water partition coefficient (Wildman–Crippen LogP) is 3.16. The van der Waals surface area contributed by atoms with E-state index in [0.29, 0.717) is 24.9 Å². The molecule has 3 fully saturated rings. The summed E-state index contributed by atoms with van der Waals surface area (Å²) in [5.41, 5.74) is 0. The van der Waals surface area contributed by atoms with E-state index in [2.05, 4.69) is 4.90 Å². The van der Waals surface area contributed by atoms with Crippen molar-refractivity contribution in [3.8, 4) is 0 Å². The SMILES string of the molecule is O=C(C1CCN(S(=O)(=O)c2ccccc2F)CC1)N(C1CCCC1)C1CC1. The molecule has 0 unspecified atom stereocenters. The highest BCUT2D eigenvalue weighted by atomic mass is 32.2. The van der Waals surface area contributed by atoms with Gasteiger partial charge in [0.1, 0.15) is 10.7 Å². The molecule has 1 aromatic rings. The highest BCUT2D eigenvalue weighted by molar-refractivity contribution is 7.89. The molecule has 1 aromatic carbocycles. The maximum absolute atomic E-state index is 14.0. The lowest BCUT2D eigenvalue weighted by Crippen LogP contribution is -2.48. The third kappa shape index (κ3) is 3.76. The summed E-state index contributed by atoms with van der Waals surface area (Å²) in [6.45, 7) is 0.548. The number of carbonyl (C=O) groups is 1. The number of sulfonamides is 1. The second-order valence-electron chi connectivity index (χ2n) is 8.02. The van der Waals surface area contributed by atoms with Gasteiger partial charge in [-0.3, -0.25) is 4.79 Å². The van der Waals surface area contributed by atoms with Crippen LogP contribution in [-0.4, -0.2) is 48.7 Å². The van der Waals surface area contributed by atoms with Crippen molar-refractivity contribution in [2.75, 3.05) is 13.1 Å². The Kier molecular flexibility index (Phi) is 5.25. The predicted molar refractivity (Wildman–Crippen MR) is 100 cm³/mol. The Morgan fingerprint density at radius 1 is 0.963 bits per heavy atom. The van der Waals surface area contributed by atoms with Crippen molar-refractivity contribution >= 4 is 15.9 Å². The Bertz CT molecular complexity index is 795. The fourth-order valence-electron chi connectivity index (χ4n) is 4.54. The van der Waals surface area contributed by atoms with Gasteiger partial charge in [0.15, 0.2) is 0 Å². The van der Waals surface area contributed by atoms with Gasteiger partial charge in [-0.15, -0.1) is 0 Å². The van der Waals surface area contributed by atoms with Crippen molar-refractivity contribution in [2.24, 2.45) is 5.92 Å². The van der Waals surface area contributed by atoms with E-state index < -0.39 is 15.8 Å². The van der Waals surface area contributed by atoms with E-state index >= 15 is 0 Å². The summed E-state index contributed by atoms with van der Waals surface area (Å²) in [6, 6.07) is 6.26. The summed E-state index contributed by atoms with van der Waals surface area (Å²) >= 11 is 0. The molecule has 3 aliphatic rings. The number of piperidine rings is 1. The quantitative estimate of drug-likeness (QED) is 0.771. The summed E-state index contributed by atoms with van der Waals surface area (Å²) in [5, 5.41) is 0. The lowest BCUT2D eigenvalue weighted by Gasteiger charge is -2.36. The molecular weight excluding hydrogens is 367 g/mol. The largest absolute Gasteiger partial charge is 0.336 e. The Balaban J connectivity index is 1.42. The fraction of sp³-hybridized carbons (Fsp3) is 0.650. The van der Waals surface area contributed by atoms with Gasteiger partial charge in [-0.2, -0.15) is 4.31 Å². The minimum Gasteiger partial charge on any atom is -0.336 e. The lowest BCUT2D eigenvalue weighted by molar-refractivity contribution is -0.139. The normalized spacial score (nSPS) is 22.9. The van der Waals surface area contributed by atoms with Gasteiger partial charge in [-0.1, -0.05) is 25.0 Å². The standard InChI is InChI=1S/C20H27FN2O3S/c21-18-7-3-4-8-19(18)27(25,26)22-13-11-15(12-14-22)20(24)23(17-9-10-17)16-5-1-2-6-16/h3-4,7-8,15-17H,1-2,5-6,9-14H2. The number of benzene rings is 1. The number of nitrogens with zero attached hydrogens (tertiary/aromatic N) is 2. The zero-order chi connectivity index (χ0) is 19.0. The van der Waals surface area contributed by atoms with Crippen LogP contribution in [0.15, 0.2) is 29.2 Å². The molecule has 5 nitrogen and oxygen atoms in total. The third-order valence-electron chi connectivity index (χ3n) is 6.17. The number of amides is 1. The molecule has 1 heterocycles. The van der Waals surface area contributed by atoms with E-state index in [4.69, 9.17) is 0 Å². The van der Waals surface area contributed by atoms with Crippen molar-refractivity contribution in [1.29, 1.82) is 0 Å². The second kappa shape index (κ2) is 7.51. The van der Waals surface area contributed by atoms with Crippen LogP contribution in [0.25, 0.3) is 0 Å². The molecular formula is C20H27FN2O3S. The summed E-state index contributed by atoms with van der Waals surface area (Å²) in [6.07, 6.45) is 7.82. The first-order chi connectivity index (χ1) is 13.0. The smallest absolute Gasteiger partial charge is 0.245 e. The van der Waals surface area contributed by atoms with Gasteiger partial charge in [-0.25, -0.2) is 12.8 Å². The van der Waals surface area contributed by atoms with Crippen molar-refractivity contribution < 1.29 is 17.6 Å². The number of carbonyl (C=O) groups excluding carboxylic acids is 1. The third-order valence-corrected chi connectivity index (χ3v) is 8.10. The van der Waals surface area contributed by atoms with E-state index in [1.807, 2.05) is 0 Å². The highest BCUT2D eigenvalue weighted by Gasteiger charge is 2.42. The fourth-order valence-corrected chi connectivity index (χ4v) is 6.07. The zero-order valence-electron chi connectivity index (χ0n) is 15.5. The van der Waals surface area contributed by atoms with Crippen LogP contribution < -0.4 is 0 Å². The molecule has 27 heavy (non-hydrogen) atoms. The van der Waals surface area contributed by atoms with Crippen LogP contribution in [0.1, 0.15) is 51.4 Å². The number of halogens is 1. The van der Waals surface area contributed by atoms with Gasteiger partial charge in [0.2, 0.25) is 15.9 Å². The van der Waals surface area contributed by atoms with Crippen molar-refractivity contribution in [3.63, 3.8) is 0 Å². The van der Waals surface area contributed by atoms with E-state index in [1.165, 1.54) is 35.3 Å². The lowest BCUT2D eigenvalue weighted by atomic mass is 9.95. The average molecular weight is 395 g/mol. The molecule has 0 atom stereocenters. The van der Waals surface area contributed by atoms with E-state index in [-0.39, 0.29) is 29.8 Å². The first-order valence-electron chi connectivity index (χ1n) is 10.1. The first-order valence-corrected chi connectivity index (χ1v) is 11.5. The minimum atomic E-state index is -3.85. The van der Waals surface area contributed by atoms with Crippen LogP contribution in [0.4, 0.5) is 4.39 Å².